The van der Waals surface area contributed by atoms with Crippen molar-refractivity contribution in [2.75, 3.05) is 26.2 Å². The molecular formula is C19H25FN2O. The van der Waals surface area contributed by atoms with E-state index >= 15 is 0 Å². The van der Waals surface area contributed by atoms with Gasteiger partial charge in [-0.2, -0.15) is 0 Å². The highest BCUT2D eigenvalue weighted by molar-refractivity contribution is 5.94. The standard InChI is InChI=1S/C19H25FN2O/c1-15(16-6-8-17(20)9-7-16)14-19(23)22-12-10-21(11-13-22)18-4-2-3-5-18/h6-9,14,18H,2-5,10-13H2,1H3/b15-14-. The minimum absolute atomic E-state index is 0.0675. The zero-order valence-electron chi connectivity index (χ0n) is 13.8. The van der Waals surface area contributed by atoms with Gasteiger partial charge in [-0.1, -0.05) is 25.0 Å². The fourth-order valence-electron chi connectivity index (χ4n) is 3.65. The average molecular weight is 316 g/mol. The summed E-state index contributed by atoms with van der Waals surface area (Å²) in [6.45, 7) is 5.49. The molecule has 0 radical (unpaired) electrons. The number of benzene rings is 1. The Bertz CT molecular complexity index is 568. The fourth-order valence-corrected chi connectivity index (χ4v) is 3.65. The number of carbonyl (C=O) groups excluding carboxylic acids is 1. The zero-order valence-corrected chi connectivity index (χ0v) is 13.8. The number of carbonyl (C=O) groups is 1. The van der Waals surface area contributed by atoms with Gasteiger partial charge in [-0.05, 0) is 43.0 Å². The van der Waals surface area contributed by atoms with Crippen LogP contribution in [0.4, 0.5) is 4.39 Å². The van der Waals surface area contributed by atoms with Crippen molar-refractivity contribution in [2.45, 2.75) is 38.6 Å². The number of allylic oxidation sites excluding steroid dienone is 1. The van der Waals surface area contributed by atoms with E-state index in [9.17, 15) is 9.18 Å². The number of rotatable bonds is 3. The summed E-state index contributed by atoms with van der Waals surface area (Å²) in [5.41, 5.74) is 1.78. The van der Waals surface area contributed by atoms with Crippen molar-refractivity contribution in [3.8, 4) is 0 Å². The van der Waals surface area contributed by atoms with E-state index in [1.54, 1.807) is 18.2 Å². The van der Waals surface area contributed by atoms with Crippen LogP contribution in [0.2, 0.25) is 0 Å². The lowest BCUT2D eigenvalue weighted by atomic mass is 10.1. The van der Waals surface area contributed by atoms with Gasteiger partial charge < -0.3 is 4.90 Å². The van der Waals surface area contributed by atoms with E-state index in [0.717, 1.165) is 43.4 Å². The van der Waals surface area contributed by atoms with Gasteiger partial charge >= 0.3 is 0 Å². The monoisotopic (exact) mass is 316 g/mol. The molecule has 0 aromatic heterocycles. The normalized spacial score (nSPS) is 21.0. The van der Waals surface area contributed by atoms with Crippen LogP contribution in [0.25, 0.3) is 5.57 Å². The van der Waals surface area contributed by atoms with Crippen LogP contribution >= 0.6 is 0 Å². The van der Waals surface area contributed by atoms with Crippen molar-refractivity contribution in [2.24, 2.45) is 0 Å². The summed E-state index contributed by atoms with van der Waals surface area (Å²) in [6.07, 6.45) is 7.01. The Morgan fingerprint density at radius 1 is 1.09 bits per heavy atom. The van der Waals surface area contributed by atoms with Crippen molar-refractivity contribution >= 4 is 11.5 Å². The first-order valence-electron chi connectivity index (χ1n) is 8.61. The van der Waals surface area contributed by atoms with Crippen LogP contribution in [0.15, 0.2) is 30.3 Å². The van der Waals surface area contributed by atoms with Gasteiger partial charge in [-0.25, -0.2) is 4.39 Å². The highest BCUT2D eigenvalue weighted by atomic mass is 19.1. The van der Waals surface area contributed by atoms with Gasteiger partial charge in [0.05, 0.1) is 0 Å². The molecule has 124 valence electrons. The second-order valence-electron chi connectivity index (χ2n) is 6.63. The summed E-state index contributed by atoms with van der Waals surface area (Å²) in [6, 6.07) is 7.03. The van der Waals surface area contributed by atoms with E-state index in [1.807, 2.05) is 11.8 Å². The third-order valence-corrected chi connectivity index (χ3v) is 5.11. The molecule has 1 aromatic carbocycles. The molecule has 2 aliphatic rings. The summed E-state index contributed by atoms with van der Waals surface area (Å²) in [7, 11) is 0. The first-order chi connectivity index (χ1) is 11.1. The van der Waals surface area contributed by atoms with Crippen LogP contribution in [-0.4, -0.2) is 47.9 Å². The lowest BCUT2D eigenvalue weighted by Gasteiger charge is -2.37. The van der Waals surface area contributed by atoms with Crippen LogP contribution in [0.1, 0.15) is 38.2 Å². The summed E-state index contributed by atoms with van der Waals surface area (Å²) in [4.78, 5) is 16.9. The highest BCUT2D eigenvalue weighted by Crippen LogP contribution is 2.24. The fraction of sp³-hybridized carbons (Fsp3) is 0.526. The van der Waals surface area contributed by atoms with Gasteiger partial charge in [0, 0.05) is 38.3 Å². The van der Waals surface area contributed by atoms with E-state index in [2.05, 4.69) is 4.90 Å². The number of nitrogens with zero attached hydrogens (tertiary/aromatic N) is 2. The minimum atomic E-state index is -0.254. The molecule has 0 bridgehead atoms. The summed E-state index contributed by atoms with van der Waals surface area (Å²) < 4.78 is 13.0. The highest BCUT2D eigenvalue weighted by Gasteiger charge is 2.27. The Morgan fingerprint density at radius 2 is 1.70 bits per heavy atom. The molecule has 2 fully saturated rings. The van der Waals surface area contributed by atoms with Crippen LogP contribution in [0, 0.1) is 5.82 Å². The van der Waals surface area contributed by atoms with Gasteiger partial charge in [-0.15, -0.1) is 0 Å². The smallest absolute Gasteiger partial charge is 0.246 e. The van der Waals surface area contributed by atoms with Crippen LogP contribution < -0.4 is 0 Å². The second-order valence-corrected chi connectivity index (χ2v) is 6.63. The molecule has 1 aromatic rings. The first-order valence-corrected chi connectivity index (χ1v) is 8.61. The Kier molecular flexibility index (Phi) is 5.11. The van der Waals surface area contributed by atoms with Gasteiger partial charge in [0.25, 0.3) is 0 Å². The Morgan fingerprint density at radius 3 is 2.30 bits per heavy atom. The quantitative estimate of drug-likeness (QED) is 0.799. The molecule has 1 saturated carbocycles. The molecule has 0 N–H and O–H groups in total. The van der Waals surface area contributed by atoms with Crippen LogP contribution in [0.5, 0.6) is 0 Å². The molecule has 1 amide bonds. The third kappa shape index (κ3) is 3.99. The average Bonchev–Trinajstić information content (AvgIpc) is 3.10. The van der Waals surface area contributed by atoms with E-state index in [1.165, 1.54) is 37.8 Å². The number of piperazine rings is 1. The topological polar surface area (TPSA) is 23.6 Å². The van der Waals surface area contributed by atoms with E-state index in [4.69, 9.17) is 0 Å². The molecule has 1 saturated heterocycles. The molecule has 0 atom stereocenters. The van der Waals surface area contributed by atoms with E-state index in [-0.39, 0.29) is 11.7 Å². The molecular weight excluding hydrogens is 291 g/mol. The van der Waals surface area contributed by atoms with Crippen molar-refractivity contribution < 1.29 is 9.18 Å². The molecule has 4 heteroatoms. The lowest BCUT2D eigenvalue weighted by Crippen LogP contribution is -2.51. The molecule has 23 heavy (non-hydrogen) atoms. The number of halogens is 1. The first kappa shape index (κ1) is 16.2. The van der Waals surface area contributed by atoms with Crippen LogP contribution in [0.3, 0.4) is 0 Å². The molecule has 3 nitrogen and oxygen atoms in total. The SMILES string of the molecule is C/C(=C/C(=O)N1CCN(C2CCCC2)CC1)c1ccc(F)cc1. The van der Waals surface area contributed by atoms with Crippen LogP contribution in [-0.2, 0) is 4.79 Å². The van der Waals surface area contributed by atoms with Gasteiger partial charge in [-0.3, -0.25) is 9.69 Å². The van der Waals surface area contributed by atoms with Crippen molar-refractivity contribution in [1.82, 2.24) is 9.80 Å². The molecule has 0 spiro atoms. The summed E-state index contributed by atoms with van der Waals surface area (Å²) in [5.74, 6) is -0.186. The largest absolute Gasteiger partial charge is 0.337 e. The zero-order chi connectivity index (χ0) is 16.2. The molecule has 3 rings (SSSR count). The third-order valence-electron chi connectivity index (χ3n) is 5.11. The maximum atomic E-state index is 13.0. The Hall–Kier alpha value is -1.68. The second kappa shape index (κ2) is 7.26. The molecule has 0 unspecified atom stereocenters. The van der Waals surface area contributed by atoms with Gasteiger partial charge in [0.1, 0.15) is 5.82 Å². The van der Waals surface area contributed by atoms with Crippen molar-refractivity contribution in [3.63, 3.8) is 0 Å². The lowest BCUT2D eigenvalue weighted by molar-refractivity contribution is -0.128. The molecule has 1 aliphatic carbocycles. The van der Waals surface area contributed by atoms with Crippen molar-refractivity contribution in [3.05, 3.63) is 41.7 Å². The number of hydrogen-bond donors (Lipinski definition) is 0. The Balaban J connectivity index is 1.56. The Labute approximate surface area is 137 Å². The van der Waals surface area contributed by atoms with E-state index < -0.39 is 0 Å². The summed E-state index contributed by atoms with van der Waals surface area (Å²) >= 11 is 0. The maximum absolute atomic E-state index is 13.0. The molecule has 1 heterocycles. The summed E-state index contributed by atoms with van der Waals surface area (Å²) in [5, 5.41) is 0. The molecule has 1 aliphatic heterocycles. The van der Waals surface area contributed by atoms with Gasteiger partial charge in [0.2, 0.25) is 5.91 Å². The van der Waals surface area contributed by atoms with Gasteiger partial charge in [0.15, 0.2) is 0 Å². The minimum Gasteiger partial charge on any atom is -0.337 e. The number of amides is 1. The maximum Gasteiger partial charge on any atom is 0.246 e. The predicted octanol–water partition coefficient (Wildman–Crippen LogP) is 3.32. The van der Waals surface area contributed by atoms with E-state index in [0.29, 0.717) is 0 Å². The predicted molar refractivity (Wildman–Crippen MR) is 90.5 cm³/mol. The van der Waals surface area contributed by atoms with Crippen molar-refractivity contribution in [1.29, 1.82) is 0 Å². The number of hydrogen-bond acceptors (Lipinski definition) is 2.